The lowest BCUT2D eigenvalue weighted by molar-refractivity contribution is -0.137. The molecule has 0 saturated heterocycles. The van der Waals surface area contributed by atoms with E-state index in [1.54, 1.807) is 25.1 Å². The first-order valence-electron chi connectivity index (χ1n) is 12.9. The van der Waals surface area contributed by atoms with Gasteiger partial charge in [-0.25, -0.2) is 4.39 Å². The fourth-order valence-electron chi connectivity index (χ4n) is 4.08. The Bertz CT molecular complexity index is 1740. The summed E-state index contributed by atoms with van der Waals surface area (Å²) in [6, 6.07) is 9.56. The first kappa shape index (κ1) is 31.5. The van der Waals surface area contributed by atoms with Gasteiger partial charge in [0.1, 0.15) is 17.2 Å². The number of alkyl halides is 3. The largest absolute Gasteiger partial charge is 0.493 e. The number of halogens is 4. The molecule has 0 aliphatic rings. The second-order valence-corrected chi connectivity index (χ2v) is 8.97. The molecule has 4 rings (SSSR count). The third kappa shape index (κ3) is 6.80. The number of aromatic nitrogens is 2. The number of methoxy groups -OCH3 is 2. The molecule has 0 radical (unpaired) electrons. The molecule has 0 saturated carbocycles. The quantitative estimate of drug-likeness (QED) is 0.0976. The van der Waals surface area contributed by atoms with Crippen molar-refractivity contribution in [1.29, 1.82) is 0 Å². The Balaban J connectivity index is 1.60. The highest BCUT2D eigenvalue weighted by Gasteiger charge is 2.33. The van der Waals surface area contributed by atoms with E-state index in [9.17, 15) is 18.0 Å². The van der Waals surface area contributed by atoms with Crippen molar-refractivity contribution in [2.24, 2.45) is 10.7 Å². The van der Waals surface area contributed by atoms with E-state index in [2.05, 4.69) is 15.0 Å². The molecule has 0 spiro atoms. The maximum atomic E-state index is 15.3. The van der Waals surface area contributed by atoms with Crippen molar-refractivity contribution in [1.82, 2.24) is 9.97 Å². The maximum absolute atomic E-state index is 15.3. The Morgan fingerprint density at radius 3 is 2.43 bits per heavy atom. The SMILES string of the molecule is CCOC(C=Nc1cnccc1C(F)(F)F)=C(N)C(=O)N(C)c1ccc(Oc2ccnc3cc(OC)c(OC)cc23)cc1F. The molecule has 2 aromatic heterocycles. The van der Waals surface area contributed by atoms with Gasteiger partial charge in [0.2, 0.25) is 0 Å². The molecule has 0 unspecified atom stereocenters. The highest BCUT2D eigenvalue weighted by molar-refractivity contribution is 6.07. The Hall–Kier alpha value is -5.40. The number of anilines is 1. The van der Waals surface area contributed by atoms with Crippen molar-refractivity contribution in [3.8, 4) is 23.0 Å². The Morgan fingerprint density at radius 1 is 1.05 bits per heavy atom. The van der Waals surface area contributed by atoms with Crippen LogP contribution in [0.15, 0.2) is 77.5 Å². The number of rotatable bonds is 10. The molecule has 230 valence electrons. The van der Waals surface area contributed by atoms with Crippen LogP contribution >= 0.6 is 0 Å². The smallest absolute Gasteiger partial charge is 0.418 e. The summed E-state index contributed by atoms with van der Waals surface area (Å²) in [4.78, 5) is 25.8. The molecular weight excluding hydrogens is 586 g/mol. The van der Waals surface area contributed by atoms with Crippen LogP contribution in [0, 0.1) is 5.82 Å². The summed E-state index contributed by atoms with van der Waals surface area (Å²) in [7, 11) is 4.26. The van der Waals surface area contributed by atoms with Crippen LogP contribution in [0.4, 0.5) is 28.9 Å². The normalized spacial score (nSPS) is 12.2. The molecule has 2 heterocycles. The van der Waals surface area contributed by atoms with Crippen LogP contribution < -0.4 is 24.8 Å². The van der Waals surface area contributed by atoms with E-state index in [1.807, 2.05) is 0 Å². The van der Waals surface area contributed by atoms with Crippen molar-refractivity contribution in [2.45, 2.75) is 13.1 Å². The van der Waals surface area contributed by atoms with E-state index >= 15 is 4.39 Å². The average Bonchev–Trinajstić information content (AvgIpc) is 3.01. The molecule has 2 N–H and O–H groups in total. The number of carbonyl (C=O) groups excluding carboxylic acids is 1. The number of hydrogen-bond donors (Lipinski definition) is 1. The van der Waals surface area contributed by atoms with Gasteiger partial charge in [-0.15, -0.1) is 0 Å². The third-order valence-electron chi connectivity index (χ3n) is 6.24. The first-order valence-corrected chi connectivity index (χ1v) is 12.9. The summed E-state index contributed by atoms with van der Waals surface area (Å²) in [5.74, 6) is -0.611. The van der Waals surface area contributed by atoms with E-state index in [-0.39, 0.29) is 23.8 Å². The van der Waals surface area contributed by atoms with Crippen molar-refractivity contribution in [2.75, 3.05) is 32.8 Å². The van der Waals surface area contributed by atoms with Gasteiger partial charge in [0.25, 0.3) is 5.91 Å². The zero-order chi connectivity index (χ0) is 32.0. The number of nitrogens with two attached hydrogens (primary N) is 1. The van der Waals surface area contributed by atoms with Crippen LogP contribution in [0.1, 0.15) is 12.5 Å². The molecule has 4 aromatic rings. The first-order chi connectivity index (χ1) is 21.0. The van der Waals surface area contributed by atoms with Gasteiger partial charge < -0.3 is 29.6 Å². The highest BCUT2D eigenvalue weighted by Crippen LogP contribution is 2.38. The topological polar surface area (TPSA) is 121 Å². The van der Waals surface area contributed by atoms with E-state index in [0.717, 1.165) is 35.6 Å². The van der Waals surface area contributed by atoms with Gasteiger partial charge >= 0.3 is 6.18 Å². The number of pyridine rings is 2. The minimum atomic E-state index is -4.69. The number of likely N-dealkylation sites (N-methyl/N-ethyl adjacent to an activating group) is 1. The van der Waals surface area contributed by atoms with Gasteiger partial charge in [-0.1, -0.05) is 0 Å². The monoisotopic (exact) mass is 613 g/mol. The third-order valence-corrected chi connectivity index (χ3v) is 6.24. The van der Waals surface area contributed by atoms with Gasteiger partial charge in [-0.3, -0.25) is 19.8 Å². The molecular formula is C30H27F4N5O5. The van der Waals surface area contributed by atoms with E-state index in [0.29, 0.717) is 28.2 Å². The average molecular weight is 614 g/mol. The molecule has 0 aliphatic carbocycles. The van der Waals surface area contributed by atoms with E-state index < -0.39 is 34.8 Å². The lowest BCUT2D eigenvalue weighted by Crippen LogP contribution is -2.33. The number of amides is 1. The lowest BCUT2D eigenvalue weighted by atomic mass is 10.1. The van der Waals surface area contributed by atoms with Crippen LogP contribution in [-0.2, 0) is 15.7 Å². The predicted molar refractivity (Wildman–Crippen MR) is 155 cm³/mol. The fourth-order valence-corrected chi connectivity index (χ4v) is 4.08. The minimum absolute atomic E-state index is 0.0148. The number of ether oxygens (including phenoxy) is 4. The Kier molecular flexibility index (Phi) is 9.51. The van der Waals surface area contributed by atoms with Crippen LogP contribution in [0.3, 0.4) is 0 Å². The van der Waals surface area contributed by atoms with Crippen molar-refractivity contribution in [3.63, 3.8) is 0 Å². The van der Waals surface area contributed by atoms with Crippen LogP contribution in [0.5, 0.6) is 23.0 Å². The van der Waals surface area contributed by atoms with Gasteiger partial charge in [0.05, 0.1) is 55.7 Å². The maximum Gasteiger partial charge on any atom is 0.418 e. The summed E-state index contributed by atoms with van der Waals surface area (Å²) in [5, 5.41) is 0.582. The lowest BCUT2D eigenvalue weighted by Gasteiger charge is -2.20. The zero-order valence-corrected chi connectivity index (χ0v) is 24.0. The fraction of sp³-hybridized carbons (Fsp3) is 0.200. The van der Waals surface area contributed by atoms with Crippen LogP contribution in [0.2, 0.25) is 0 Å². The van der Waals surface area contributed by atoms with Gasteiger partial charge in [-0.2, -0.15) is 13.2 Å². The molecule has 0 fully saturated rings. The number of fused-ring (bicyclic) bond motifs is 1. The minimum Gasteiger partial charge on any atom is -0.493 e. The zero-order valence-electron chi connectivity index (χ0n) is 24.0. The standard InChI is InChI=1S/C30H27F4N5O5/c1-5-43-27(16-38-22-15-36-10-8-19(22)30(32,33)34)28(35)29(40)39(2)23-7-6-17(12-20(23)31)44-24-9-11-37-21-14-26(42-4)25(41-3)13-18(21)24/h6-16H,5,35H2,1-4H3. The number of carbonyl (C=O) groups is 1. The summed E-state index contributed by atoms with van der Waals surface area (Å²) >= 11 is 0. The highest BCUT2D eigenvalue weighted by atomic mass is 19.4. The molecule has 0 bridgehead atoms. The summed E-state index contributed by atoms with van der Waals surface area (Å²) in [6.45, 7) is 1.60. The Morgan fingerprint density at radius 2 is 1.77 bits per heavy atom. The number of benzene rings is 2. The molecule has 0 atom stereocenters. The van der Waals surface area contributed by atoms with Crippen LogP contribution in [0.25, 0.3) is 10.9 Å². The Labute approximate surface area is 249 Å². The molecule has 2 aromatic carbocycles. The van der Waals surface area contributed by atoms with Gasteiger partial charge in [-0.05, 0) is 37.3 Å². The molecule has 10 nitrogen and oxygen atoms in total. The molecule has 14 heteroatoms. The number of allylic oxidation sites excluding steroid dienone is 1. The number of aliphatic imine (C=N–C) groups is 1. The van der Waals surface area contributed by atoms with Crippen molar-refractivity contribution < 1.29 is 41.3 Å². The van der Waals surface area contributed by atoms with E-state index in [4.69, 9.17) is 24.7 Å². The van der Waals surface area contributed by atoms with Crippen LogP contribution in [-0.4, -0.2) is 50.0 Å². The number of nitrogens with zero attached hydrogens (tertiary/aromatic N) is 4. The van der Waals surface area contributed by atoms with Gasteiger partial charge in [0, 0.05) is 37.0 Å². The van der Waals surface area contributed by atoms with Crippen molar-refractivity contribution >= 4 is 34.4 Å². The molecule has 0 aliphatic heterocycles. The summed E-state index contributed by atoms with van der Waals surface area (Å²) < 4.78 is 77.2. The molecule has 1 amide bonds. The predicted octanol–water partition coefficient (Wildman–Crippen LogP) is 6.17. The molecule has 44 heavy (non-hydrogen) atoms. The van der Waals surface area contributed by atoms with Gasteiger partial charge in [0.15, 0.2) is 23.1 Å². The van der Waals surface area contributed by atoms with E-state index in [1.165, 1.54) is 39.6 Å². The van der Waals surface area contributed by atoms with Crippen molar-refractivity contribution in [3.05, 3.63) is 83.9 Å². The number of hydrogen-bond acceptors (Lipinski definition) is 9. The summed E-state index contributed by atoms with van der Waals surface area (Å²) in [6.07, 6.45) is -0.396. The summed E-state index contributed by atoms with van der Waals surface area (Å²) in [5.41, 5.74) is 4.35. The second-order valence-electron chi connectivity index (χ2n) is 8.97. The second kappa shape index (κ2) is 13.3.